The smallest absolute Gasteiger partial charge is 0.259 e. The molecule has 0 aliphatic carbocycles. The zero-order valence-corrected chi connectivity index (χ0v) is 17.7. The van der Waals surface area contributed by atoms with Gasteiger partial charge >= 0.3 is 0 Å². The molecular weight excluding hydrogens is 396 g/mol. The predicted octanol–water partition coefficient (Wildman–Crippen LogP) is 5.41. The Balaban J connectivity index is 1.34. The molecule has 146 valence electrons. The molecule has 1 fully saturated rings. The van der Waals surface area contributed by atoms with Crippen molar-refractivity contribution in [1.29, 1.82) is 0 Å². The van der Waals surface area contributed by atoms with E-state index in [9.17, 15) is 4.79 Å². The molecule has 1 saturated heterocycles. The number of pyridine rings is 1. The summed E-state index contributed by atoms with van der Waals surface area (Å²) in [6.45, 7) is 4.03. The first-order chi connectivity index (χ1) is 14.2. The van der Waals surface area contributed by atoms with E-state index in [4.69, 9.17) is 0 Å². The lowest BCUT2D eigenvalue weighted by Gasteiger charge is -2.42. The third-order valence-electron chi connectivity index (χ3n) is 6.33. The molecule has 0 amide bonds. The second kappa shape index (κ2) is 6.94. The van der Waals surface area contributed by atoms with E-state index in [1.807, 2.05) is 11.3 Å². The van der Waals surface area contributed by atoms with E-state index in [1.54, 1.807) is 11.3 Å². The molecule has 2 aliphatic heterocycles. The highest BCUT2D eigenvalue weighted by Crippen LogP contribution is 2.38. The molecule has 0 N–H and O–H groups in total. The first-order valence-corrected chi connectivity index (χ1v) is 11.9. The number of thiophene rings is 2. The SMILES string of the molecule is O=c1c(-c2cc3ccccc3s2)ccc2n1CC1CC2CN(Cc2cccs2)C1. The lowest BCUT2D eigenvalue weighted by molar-refractivity contribution is 0.115. The van der Waals surface area contributed by atoms with Crippen LogP contribution in [-0.4, -0.2) is 22.6 Å². The number of hydrogen-bond donors (Lipinski definition) is 0. The van der Waals surface area contributed by atoms with Gasteiger partial charge in [0.2, 0.25) is 0 Å². The van der Waals surface area contributed by atoms with E-state index in [2.05, 4.69) is 69.4 Å². The second-order valence-electron chi connectivity index (χ2n) is 8.31. The molecule has 1 aromatic carbocycles. The Hall–Kier alpha value is -2.21. The van der Waals surface area contributed by atoms with Gasteiger partial charge in [0.15, 0.2) is 0 Å². The molecule has 2 atom stereocenters. The minimum Gasteiger partial charge on any atom is -0.311 e. The highest BCUT2D eigenvalue weighted by molar-refractivity contribution is 7.22. The molecule has 2 bridgehead atoms. The summed E-state index contributed by atoms with van der Waals surface area (Å²) in [5, 5.41) is 3.38. The van der Waals surface area contributed by atoms with E-state index < -0.39 is 0 Å². The van der Waals surface area contributed by atoms with Crippen molar-refractivity contribution in [3.8, 4) is 10.4 Å². The summed E-state index contributed by atoms with van der Waals surface area (Å²) < 4.78 is 3.33. The lowest BCUT2D eigenvalue weighted by atomic mass is 9.83. The van der Waals surface area contributed by atoms with Crippen molar-refractivity contribution >= 4 is 32.8 Å². The zero-order valence-electron chi connectivity index (χ0n) is 16.1. The van der Waals surface area contributed by atoms with Crippen molar-refractivity contribution < 1.29 is 0 Å². The Morgan fingerprint density at radius 2 is 1.93 bits per heavy atom. The standard InChI is InChI=1S/C24H22N2OS2/c27-24-20(23-11-17-4-1-2-6-22(17)29-23)7-8-21-18-10-16(13-26(21)24)12-25(14-18)15-19-5-3-9-28-19/h1-9,11,16,18H,10,12-15H2. The van der Waals surface area contributed by atoms with Crippen LogP contribution in [0.5, 0.6) is 0 Å². The molecular formula is C24H22N2OS2. The van der Waals surface area contributed by atoms with Crippen molar-refractivity contribution in [2.45, 2.75) is 25.4 Å². The van der Waals surface area contributed by atoms with Gasteiger partial charge in [-0.1, -0.05) is 24.3 Å². The number of piperidine rings is 1. The summed E-state index contributed by atoms with van der Waals surface area (Å²) in [5.74, 6) is 1.03. The van der Waals surface area contributed by atoms with Gasteiger partial charge in [0, 0.05) is 52.2 Å². The number of benzene rings is 1. The second-order valence-corrected chi connectivity index (χ2v) is 10.4. The van der Waals surface area contributed by atoms with Crippen LogP contribution in [0.25, 0.3) is 20.5 Å². The number of rotatable bonds is 3. The lowest BCUT2D eigenvalue weighted by Crippen LogP contribution is -2.46. The molecule has 0 radical (unpaired) electrons. The fourth-order valence-corrected chi connectivity index (χ4v) is 6.92. The van der Waals surface area contributed by atoms with Crippen LogP contribution in [0.15, 0.2) is 64.8 Å². The predicted molar refractivity (Wildman–Crippen MR) is 122 cm³/mol. The molecule has 3 aromatic heterocycles. The van der Waals surface area contributed by atoms with Gasteiger partial charge in [-0.25, -0.2) is 0 Å². The fraction of sp³-hybridized carbons (Fsp3) is 0.292. The van der Waals surface area contributed by atoms with Crippen molar-refractivity contribution in [2.75, 3.05) is 13.1 Å². The monoisotopic (exact) mass is 418 g/mol. The molecule has 2 aliphatic rings. The number of fused-ring (bicyclic) bond motifs is 5. The quantitative estimate of drug-likeness (QED) is 0.444. The summed E-state index contributed by atoms with van der Waals surface area (Å²) in [6, 6.07) is 19.2. The van der Waals surface area contributed by atoms with E-state index >= 15 is 0 Å². The topological polar surface area (TPSA) is 25.2 Å². The molecule has 3 nitrogen and oxygen atoms in total. The summed E-state index contributed by atoms with van der Waals surface area (Å²) >= 11 is 3.56. The highest BCUT2D eigenvalue weighted by Gasteiger charge is 2.35. The van der Waals surface area contributed by atoms with Crippen molar-refractivity contribution in [1.82, 2.24) is 9.47 Å². The average Bonchev–Trinajstić information content (AvgIpc) is 3.38. The first-order valence-electron chi connectivity index (χ1n) is 10.2. The summed E-state index contributed by atoms with van der Waals surface area (Å²) in [7, 11) is 0. The average molecular weight is 419 g/mol. The van der Waals surface area contributed by atoms with Crippen LogP contribution in [0.2, 0.25) is 0 Å². The van der Waals surface area contributed by atoms with Crippen molar-refractivity contribution in [3.05, 3.63) is 80.9 Å². The maximum Gasteiger partial charge on any atom is 0.259 e. The Kier molecular flexibility index (Phi) is 4.22. The van der Waals surface area contributed by atoms with E-state index in [0.29, 0.717) is 11.8 Å². The van der Waals surface area contributed by atoms with Crippen LogP contribution in [0, 0.1) is 5.92 Å². The fourth-order valence-electron chi connectivity index (χ4n) is 5.10. The Morgan fingerprint density at radius 3 is 2.79 bits per heavy atom. The number of nitrogens with zero attached hydrogens (tertiary/aromatic N) is 2. The molecule has 0 saturated carbocycles. The van der Waals surface area contributed by atoms with E-state index in [-0.39, 0.29) is 5.56 Å². The summed E-state index contributed by atoms with van der Waals surface area (Å²) in [6.07, 6.45) is 1.21. The van der Waals surface area contributed by atoms with Gasteiger partial charge in [0.1, 0.15) is 0 Å². The van der Waals surface area contributed by atoms with Crippen molar-refractivity contribution in [3.63, 3.8) is 0 Å². The molecule has 5 heterocycles. The number of aromatic nitrogens is 1. The minimum absolute atomic E-state index is 0.190. The van der Waals surface area contributed by atoms with Gasteiger partial charge in [-0.05, 0) is 53.4 Å². The Morgan fingerprint density at radius 1 is 1.00 bits per heavy atom. The van der Waals surface area contributed by atoms with Crippen LogP contribution < -0.4 is 5.56 Å². The third-order valence-corrected chi connectivity index (χ3v) is 8.34. The van der Waals surface area contributed by atoms with E-state index in [0.717, 1.165) is 36.6 Å². The highest BCUT2D eigenvalue weighted by atomic mass is 32.1. The molecule has 0 spiro atoms. The summed E-state index contributed by atoms with van der Waals surface area (Å²) in [5.41, 5.74) is 2.27. The summed E-state index contributed by atoms with van der Waals surface area (Å²) in [4.78, 5) is 18.5. The van der Waals surface area contributed by atoms with Crippen LogP contribution in [0.3, 0.4) is 0 Å². The van der Waals surface area contributed by atoms with Gasteiger partial charge in [0.25, 0.3) is 5.56 Å². The van der Waals surface area contributed by atoms with Crippen LogP contribution in [0.1, 0.15) is 22.9 Å². The number of hydrogen-bond acceptors (Lipinski definition) is 4. The van der Waals surface area contributed by atoms with Gasteiger partial charge in [-0.2, -0.15) is 0 Å². The third kappa shape index (κ3) is 3.08. The molecule has 29 heavy (non-hydrogen) atoms. The van der Waals surface area contributed by atoms with Crippen LogP contribution in [0.4, 0.5) is 0 Å². The Bertz CT molecular complexity index is 1200. The maximum atomic E-state index is 13.4. The van der Waals surface area contributed by atoms with Gasteiger partial charge in [-0.3, -0.25) is 9.69 Å². The molecule has 5 heteroatoms. The largest absolute Gasteiger partial charge is 0.311 e. The maximum absolute atomic E-state index is 13.4. The van der Waals surface area contributed by atoms with Gasteiger partial charge in [-0.15, -0.1) is 22.7 Å². The first kappa shape index (κ1) is 17.6. The Labute approximate surface area is 177 Å². The number of likely N-dealkylation sites (tertiary alicyclic amines) is 1. The van der Waals surface area contributed by atoms with Gasteiger partial charge in [0.05, 0.1) is 5.56 Å². The van der Waals surface area contributed by atoms with Crippen LogP contribution in [-0.2, 0) is 13.1 Å². The normalized spacial score (nSPS) is 21.4. The molecule has 2 unspecified atom stereocenters. The van der Waals surface area contributed by atoms with Crippen molar-refractivity contribution in [2.24, 2.45) is 5.92 Å². The van der Waals surface area contributed by atoms with Crippen LogP contribution >= 0.6 is 22.7 Å². The molecule has 6 rings (SSSR count). The molecule has 4 aromatic rings. The zero-order chi connectivity index (χ0) is 19.4. The minimum atomic E-state index is 0.190. The van der Waals surface area contributed by atoms with E-state index in [1.165, 1.54) is 27.1 Å². The van der Waals surface area contributed by atoms with Gasteiger partial charge < -0.3 is 4.57 Å².